The maximum Gasteiger partial charge on any atom is 0.345 e. The third-order valence-corrected chi connectivity index (χ3v) is 2.97. The first-order valence-electron chi connectivity index (χ1n) is 4.36. The highest BCUT2D eigenvalue weighted by atomic mass is 79.9. The average Bonchev–Trinajstić information content (AvgIpc) is 2.29. The Bertz CT molecular complexity index is 414. The normalized spacial score (nSPS) is 11.0. The van der Waals surface area contributed by atoms with Gasteiger partial charge in [-0.25, -0.2) is 4.79 Å². The average molecular weight is 301 g/mol. The summed E-state index contributed by atoms with van der Waals surface area (Å²) in [6, 6.07) is 9.20. The lowest BCUT2D eigenvalue weighted by molar-refractivity contribution is -0.135. The molecule has 0 fully saturated rings. The van der Waals surface area contributed by atoms with Gasteiger partial charge >= 0.3 is 5.97 Å². The molecule has 0 atom stereocenters. The van der Waals surface area contributed by atoms with E-state index in [0.29, 0.717) is 0 Å². The van der Waals surface area contributed by atoms with Crippen molar-refractivity contribution in [3.8, 4) is 0 Å². The Labute approximate surface area is 106 Å². The molecule has 0 N–H and O–H groups in total. The van der Waals surface area contributed by atoms with Gasteiger partial charge in [0.2, 0.25) is 5.12 Å². The Kier molecular flexibility index (Phi) is 5.28. The monoisotopic (exact) mass is 300 g/mol. The summed E-state index contributed by atoms with van der Waals surface area (Å²) in [5.74, 6) is -0.568. The molecule has 0 spiro atoms. The highest BCUT2D eigenvalue weighted by Gasteiger charge is 2.09. The number of halogens is 1. The highest BCUT2D eigenvalue weighted by molar-refractivity contribution is 9.12. The molecule has 0 aliphatic carbocycles. The predicted octanol–water partition coefficient (Wildman–Crippen LogP) is 2.76. The predicted molar refractivity (Wildman–Crippen MR) is 66.3 cm³/mol. The number of hydrogen-bond acceptors (Lipinski definition) is 4. The standard InChI is InChI=1S/C11H9BrO3S/c1-15-11(14)9(12)7-10(13)16-8-5-3-2-4-6-8/h2-7H,1H3/b9-7+. The third-order valence-electron chi connectivity index (χ3n) is 1.59. The number of rotatable bonds is 3. The van der Waals surface area contributed by atoms with Gasteiger partial charge < -0.3 is 4.74 Å². The van der Waals surface area contributed by atoms with E-state index in [4.69, 9.17) is 0 Å². The van der Waals surface area contributed by atoms with Crippen LogP contribution in [0.25, 0.3) is 0 Å². The zero-order valence-corrected chi connectivity index (χ0v) is 10.9. The number of benzene rings is 1. The van der Waals surface area contributed by atoms with Gasteiger partial charge in [0.1, 0.15) is 4.48 Å². The van der Waals surface area contributed by atoms with E-state index in [9.17, 15) is 9.59 Å². The molecule has 1 aromatic carbocycles. The largest absolute Gasteiger partial charge is 0.465 e. The first-order chi connectivity index (χ1) is 7.63. The molecule has 0 saturated carbocycles. The molecular formula is C11H9BrO3S. The first kappa shape index (κ1) is 13.0. The molecule has 0 heterocycles. The van der Waals surface area contributed by atoms with Gasteiger partial charge in [-0.3, -0.25) is 4.79 Å². The van der Waals surface area contributed by atoms with Crippen LogP contribution >= 0.6 is 27.7 Å². The summed E-state index contributed by atoms with van der Waals surface area (Å²) in [5.41, 5.74) is 0. The molecule has 0 aliphatic heterocycles. The fourth-order valence-corrected chi connectivity index (χ4v) is 2.12. The van der Waals surface area contributed by atoms with Gasteiger partial charge in [-0.1, -0.05) is 18.2 Å². The SMILES string of the molecule is COC(=O)/C(Br)=C\C(=O)Sc1ccccc1. The van der Waals surface area contributed by atoms with Crippen molar-refractivity contribution in [2.75, 3.05) is 7.11 Å². The van der Waals surface area contributed by atoms with Gasteiger partial charge in [0.25, 0.3) is 0 Å². The van der Waals surface area contributed by atoms with E-state index in [1.807, 2.05) is 30.3 Å². The molecule has 1 aromatic rings. The van der Waals surface area contributed by atoms with Gasteiger partial charge in [0.15, 0.2) is 0 Å². The Morgan fingerprint density at radius 2 is 1.94 bits per heavy atom. The number of hydrogen-bond donors (Lipinski definition) is 0. The van der Waals surface area contributed by atoms with Crippen molar-refractivity contribution in [1.82, 2.24) is 0 Å². The van der Waals surface area contributed by atoms with Crippen LogP contribution < -0.4 is 0 Å². The summed E-state index contributed by atoms with van der Waals surface area (Å²) in [5, 5.41) is -0.233. The molecule has 84 valence electrons. The lowest BCUT2D eigenvalue weighted by atomic mass is 10.4. The van der Waals surface area contributed by atoms with Crippen LogP contribution in [0, 0.1) is 0 Å². The van der Waals surface area contributed by atoms with Crippen molar-refractivity contribution in [3.05, 3.63) is 40.9 Å². The van der Waals surface area contributed by atoms with Crippen LogP contribution in [0.4, 0.5) is 0 Å². The van der Waals surface area contributed by atoms with Crippen molar-refractivity contribution in [3.63, 3.8) is 0 Å². The maximum absolute atomic E-state index is 11.5. The Morgan fingerprint density at radius 3 is 2.50 bits per heavy atom. The first-order valence-corrected chi connectivity index (χ1v) is 5.97. The van der Waals surface area contributed by atoms with Gasteiger partial charge in [-0.2, -0.15) is 0 Å². The minimum Gasteiger partial charge on any atom is -0.465 e. The minimum absolute atomic E-state index is 0.114. The fraction of sp³-hybridized carbons (Fsp3) is 0.0909. The van der Waals surface area contributed by atoms with Crippen LogP contribution in [-0.4, -0.2) is 18.2 Å². The molecule has 0 amide bonds. The number of ether oxygens (including phenoxy) is 1. The third kappa shape index (κ3) is 4.20. The highest BCUT2D eigenvalue weighted by Crippen LogP contribution is 2.20. The molecule has 0 aromatic heterocycles. The molecule has 0 aliphatic rings. The molecule has 1 rings (SSSR count). The molecule has 5 heteroatoms. The van der Waals surface area contributed by atoms with Crippen LogP contribution in [0.3, 0.4) is 0 Å². The molecule has 0 saturated heterocycles. The van der Waals surface area contributed by atoms with Crippen LogP contribution in [-0.2, 0) is 14.3 Å². The number of carbonyl (C=O) groups is 2. The van der Waals surface area contributed by atoms with E-state index in [1.165, 1.54) is 13.2 Å². The van der Waals surface area contributed by atoms with Crippen molar-refractivity contribution in [1.29, 1.82) is 0 Å². The molecule has 3 nitrogen and oxygen atoms in total. The van der Waals surface area contributed by atoms with Crippen LogP contribution in [0.2, 0.25) is 0 Å². The fourth-order valence-electron chi connectivity index (χ4n) is 0.894. The second-order valence-corrected chi connectivity index (χ2v) is 4.65. The molecule has 0 radical (unpaired) electrons. The number of methoxy groups -OCH3 is 1. The second kappa shape index (κ2) is 6.50. The Balaban J connectivity index is 2.64. The smallest absolute Gasteiger partial charge is 0.345 e. The summed E-state index contributed by atoms with van der Waals surface area (Å²) in [6.45, 7) is 0. The zero-order chi connectivity index (χ0) is 12.0. The molecule has 0 unspecified atom stereocenters. The zero-order valence-electron chi connectivity index (χ0n) is 8.48. The van der Waals surface area contributed by atoms with Gasteiger partial charge in [-0.15, -0.1) is 0 Å². The lowest BCUT2D eigenvalue weighted by Gasteiger charge is -1.97. The van der Waals surface area contributed by atoms with Gasteiger partial charge in [0.05, 0.1) is 7.11 Å². The molecular weight excluding hydrogens is 292 g/mol. The summed E-state index contributed by atoms with van der Waals surface area (Å²) < 4.78 is 4.56. The van der Waals surface area contributed by atoms with Crippen LogP contribution in [0.15, 0.2) is 45.8 Å². The summed E-state index contributed by atoms with van der Waals surface area (Å²) in [7, 11) is 1.26. The van der Waals surface area contributed by atoms with Crippen molar-refractivity contribution < 1.29 is 14.3 Å². The number of carbonyl (C=O) groups excluding carboxylic acids is 2. The lowest BCUT2D eigenvalue weighted by Crippen LogP contribution is -2.01. The van der Waals surface area contributed by atoms with Gasteiger partial charge in [-0.05, 0) is 39.8 Å². The minimum atomic E-state index is -0.568. The van der Waals surface area contributed by atoms with Gasteiger partial charge in [0, 0.05) is 11.0 Å². The maximum atomic E-state index is 11.5. The summed E-state index contributed by atoms with van der Waals surface area (Å²) in [4.78, 5) is 23.3. The molecule has 16 heavy (non-hydrogen) atoms. The van der Waals surface area contributed by atoms with E-state index >= 15 is 0 Å². The quantitative estimate of drug-likeness (QED) is 0.489. The summed E-state index contributed by atoms with van der Waals surface area (Å²) in [6.07, 6.45) is 1.20. The number of thioether (sulfide) groups is 1. The van der Waals surface area contributed by atoms with Crippen molar-refractivity contribution in [2.24, 2.45) is 0 Å². The van der Waals surface area contributed by atoms with E-state index in [2.05, 4.69) is 20.7 Å². The topological polar surface area (TPSA) is 43.4 Å². The molecule has 0 bridgehead atoms. The van der Waals surface area contributed by atoms with E-state index in [1.54, 1.807) is 0 Å². The summed E-state index contributed by atoms with van der Waals surface area (Å²) >= 11 is 4.02. The Hall–Kier alpha value is -1.07. The van der Waals surface area contributed by atoms with Crippen LogP contribution in [0.1, 0.15) is 0 Å². The van der Waals surface area contributed by atoms with E-state index in [0.717, 1.165) is 16.7 Å². The number of esters is 1. The second-order valence-electron chi connectivity index (χ2n) is 2.72. The van der Waals surface area contributed by atoms with E-state index < -0.39 is 5.97 Å². The van der Waals surface area contributed by atoms with E-state index in [-0.39, 0.29) is 9.60 Å². The Morgan fingerprint density at radius 1 is 1.31 bits per heavy atom. The van der Waals surface area contributed by atoms with Crippen LogP contribution in [0.5, 0.6) is 0 Å². The van der Waals surface area contributed by atoms with Crippen molar-refractivity contribution >= 4 is 38.8 Å². The van der Waals surface area contributed by atoms with Crippen molar-refractivity contribution in [2.45, 2.75) is 4.90 Å².